The zero-order valence-electron chi connectivity index (χ0n) is 31.2. The van der Waals surface area contributed by atoms with Gasteiger partial charge >= 0.3 is 0 Å². The average Bonchev–Trinajstić information content (AvgIpc) is 3.81. The Hall–Kier alpha value is -7.42. The van der Waals surface area contributed by atoms with Gasteiger partial charge < -0.3 is 9.32 Å². The first-order chi connectivity index (χ1) is 28.3. The third-order valence-electron chi connectivity index (χ3n) is 11.8. The monoisotopic (exact) mass is 727 g/mol. The summed E-state index contributed by atoms with van der Waals surface area (Å²) in [7, 11) is 0. The maximum atomic E-state index is 6.15. The molecule has 0 spiro atoms. The predicted molar refractivity (Wildman–Crippen MR) is 237 cm³/mol. The number of rotatable bonds is 7. The molecule has 0 unspecified atom stereocenters. The number of nitrogens with zero attached hydrogens (tertiary/aromatic N) is 1. The first kappa shape index (κ1) is 33.0. The first-order valence-electron chi connectivity index (χ1n) is 19.6. The van der Waals surface area contributed by atoms with E-state index in [1.807, 2.05) is 12.1 Å². The highest BCUT2D eigenvalue weighted by molar-refractivity contribution is 6.06. The van der Waals surface area contributed by atoms with Crippen LogP contribution in [0.15, 0.2) is 229 Å². The lowest BCUT2D eigenvalue weighted by atomic mass is 9.67. The Bertz CT molecular complexity index is 3000. The Morgan fingerprint density at radius 2 is 0.807 bits per heavy atom. The minimum atomic E-state index is -0.493. The number of benzene rings is 9. The lowest BCUT2D eigenvalue weighted by Gasteiger charge is -2.35. The summed E-state index contributed by atoms with van der Waals surface area (Å²) in [6, 6.07) is 81.3. The SMILES string of the molecule is c1ccc(-c2ccc(N(c3ccc(-c4ccc5oc6ccccc6c5c4)cc3)c3ccc4c(c3)C(c3ccccc3)(c3ccccc3)c3ccccc3-4)cc2)cc1. The summed E-state index contributed by atoms with van der Waals surface area (Å²) in [5.74, 6) is 0. The van der Waals surface area contributed by atoms with Gasteiger partial charge in [0.15, 0.2) is 0 Å². The molecule has 1 aliphatic rings. The van der Waals surface area contributed by atoms with Crippen molar-refractivity contribution in [3.63, 3.8) is 0 Å². The van der Waals surface area contributed by atoms with Crippen LogP contribution < -0.4 is 4.90 Å². The molecule has 1 heterocycles. The fourth-order valence-corrected chi connectivity index (χ4v) is 9.16. The van der Waals surface area contributed by atoms with E-state index in [-0.39, 0.29) is 0 Å². The molecule has 0 bridgehead atoms. The second kappa shape index (κ2) is 13.4. The highest BCUT2D eigenvalue weighted by Gasteiger charge is 2.46. The van der Waals surface area contributed by atoms with Gasteiger partial charge in [0.1, 0.15) is 11.2 Å². The summed E-state index contributed by atoms with van der Waals surface area (Å²) in [6.45, 7) is 0. The van der Waals surface area contributed by atoms with Gasteiger partial charge in [0.25, 0.3) is 0 Å². The highest BCUT2D eigenvalue weighted by Crippen LogP contribution is 2.57. The van der Waals surface area contributed by atoms with Gasteiger partial charge in [-0.15, -0.1) is 0 Å². The van der Waals surface area contributed by atoms with Crippen LogP contribution in [0.5, 0.6) is 0 Å². The average molecular weight is 728 g/mol. The maximum absolute atomic E-state index is 6.15. The molecule has 0 radical (unpaired) electrons. The molecule has 2 heteroatoms. The first-order valence-corrected chi connectivity index (χ1v) is 19.6. The second-order valence-electron chi connectivity index (χ2n) is 14.9. The van der Waals surface area contributed by atoms with Crippen LogP contribution in [-0.2, 0) is 5.41 Å². The highest BCUT2D eigenvalue weighted by atomic mass is 16.3. The van der Waals surface area contributed by atoms with Gasteiger partial charge in [-0.2, -0.15) is 0 Å². The lowest BCUT2D eigenvalue weighted by molar-refractivity contribution is 0.669. The molecule has 11 rings (SSSR count). The molecule has 0 amide bonds. The van der Waals surface area contributed by atoms with Crippen LogP contribution in [0.1, 0.15) is 22.3 Å². The fraction of sp³-hybridized carbons (Fsp3) is 0.0182. The number of fused-ring (bicyclic) bond motifs is 6. The van der Waals surface area contributed by atoms with E-state index in [9.17, 15) is 0 Å². The predicted octanol–water partition coefficient (Wildman–Crippen LogP) is 14.8. The van der Waals surface area contributed by atoms with Crippen molar-refractivity contribution in [2.45, 2.75) is 5.41 Å². The van der Waals surface area contributed by atoms with E-state index in [1.54, 1.807) is 0 Å². The van der Waals surface area contributed by atoms with E-state index in [0.29, 0.717) is 0 Å². The van der Waals surface area contributed by atoms with E-state index >= 15 is 0 Å². The van der Waals surface area contributed by atoms with Crippen molar-refractivity contribution in [3.8, 4) is 33.4 Å². The minimum absolute atomic E-state index is 0.493. The van der Waals surface area contributed by atoms with Crippen LogP contribution >= 0.6 is 0 Å². The summed E-state index contributed by atoms with van der Waals surface area (Å²) >= 11 is 0. The van der Waals surface area contributed by atoms with Gasteiger partial charge in [0.2, 0.25) is 0 Å². The third kappa shape index (κ3) is 5.33. The Morgan fingerprint density at radius 1 is 0.316 bits per heavy atom. The molecule has 1 aromatic heterocycles. The van der Waals surface area contributed by atoms with Crippen LogP contribution in [0, 0.1) is 0 Å². The standard InChI is InChI=1S/C55H37NO/c1-4-14-38(15-5-1)39-24-29-44(30-25-39)56(45-31-26-40(27-32-45)41-28-35-54-50(36-41)49-21-11-13-23-53(49)57-54)46-33-34-48-47-20-10-12-22-51(47)55(52(48)37-46,42-16-6-2-7-17-42)43-18-8-3-9-19-43/h1-37H. The molecule has 0 aliphatic heterocycles. The normalized spacial score (nSPS) is 12.7. The Kier molecular flexibility index (Phi) is 7.75. The second-order valence-corrected chi connectivity index (χ2v) is 14.9. The van der Waals surface area contributed by atoms with Gasteiger partial charge in [0, 0.05) is 27.8 Å². The summed E-state index contributed by atoms with van der Waals surface area (Å²) in [5.41, 5.74) is 16.9. The van der Waals surface area contributed by atoms with Gasteiger partial charge in [-0.05, 0) is 110 Å². The molecular formula is C55H37NO. The van der Waals surface area contributed by atoms with Crippen molar-refractivity contribution < 1.29 is 4.42 Å². The van der Waals surface area contributed by atoms with Crippen molar-refractivity contribution in [1.82, 2.24) is 0 Å². The van der Waals surface area contributed by atoms with Crippen molar-refractivity contribution in [2.75, 3.05) is 4.90 Å². The number of hydrogen-bond acceptors (Lipinski definition) is 2. The Morgan fingerprint density at radius 3 is 1.49 bits per heavy atom. The van der Waals surface area contributed by atoms with Crippen LogP contribution in [0.3, 0.4) is 0 Å². The summed E-state index contributed by atoms with van der Waals surface area (Å²) < 4.78 is 6.15. The molecule has 2 nitrogen and oxygen atoms in total. The molecule has 268 valence electrons. The van der Waals surface area contributed by atoms with Crippen molar-refractivity contribution in [3.05, 3.63) is 247 Å². The minimum Gasteiger partial charge on any atom is -0.456 e. The number of anilines is 3. The topological polar surface area (TPSA) is 16.4 Å². The lowest BCUT2D eigenvalue weighted by Crippen LogP contribution is -2.28. The fourth-order valence-electron chi connectivity index (χ4n) is 9.16. The van der Waals surface area contributed by atoms with Crippen LogP contribution in [0.4, 0.5) is 17.1 Å². The molecule has 1 aliphatic carbocycles. The molecule has 9 aromatic carbocycles. The summed E-state index contributed by atoms with van der Waals surface area (Å²) in [4.78, 5) is 2.40. The quantitative estimate of drug-likeness (QED) is 0.163. The zero-order chi connectivity index (χ0) is 37.8. The molecule has 0 saturated heterocycles. The van der Waals surface area contributed by atoms with Gasteiger partial charge in [0.05, 0.1) is 5.41 Å². The van der Waals surface area contributed by atoms with Gasteiger partial charge in [-0.25, -0.2) is 0 Å². The maximum Gasteiger partial charge on any atom is 0.135 e. The van der Waals surface area contributed by atoms with Crippen molar-refractivity contribution in [2.24, 2.45) is 0 Å². The summed E-state index contributed by atoms with van der Waals surface area (Å²) in [5, 5.41) is 2.27. The van der Waals surface area contributed by atoms with Crippen molar-refractivity contribution >= 4 is 39.0 Å². The molecule has 10 aromatic rings. The van der Waals surface area contributed by atoms with Gasteiger partial charge in [-0.1, -0.05) is 170 Å². The van der Waals surface area contributed by atoms with E-state index in [1.165, 1.54) is 44.5 Å². The molecule has 0 atom stereocenters. The number of hydrogen-bond donors (Lipinski definition) is 0. The Labute approximate surface area is 332 Å². The van der Waals surface area contributed by atoms with Gasteiger partial charge in [-0.3, -0.25) is 0 Å². The molecule has 57 heavy (non-hydrogen) atoms. The molecule has 0 fully saturated rings. The Balaban J connectivity index is 1.08. The van der Waals surface area contributed by atoms with E-state index in [4.69, 9.17) is 4.42 Å². The molecular weight excluding hydrogens is 691 g/mol. The zero-order valence-corrected chi connectivity index (χ0v) is 31.2. The van der Waals surface area contributed by atoms with Crippen molar-refractivity contribution in [1.29, 1.82) is 0 Å². The van der Waals surface area contributed by atoms with E-state index in [2.05, 4.69) is 217 Å². The number of furan rings is 1. The van der Waals surface area contributed by atoms with Crippen LogP contribution in [0.2, 0.25) is 0 Å². The number of para-hydroxylation sites is 1. The van der Waals surface area contributed by atoms with Crippen LogP contribution in [0.25, 0.3) is 55.3 Å². The molecule has 0 N–H and O–H groups in total. The summed E-state index contributed by atoms with van der Waals surface area (Å²) in [6.07, 6.45) is 0. The smallest absolute Gasteiger partial charge is 0.135 e. The van der Waals surface area contributed by atoms with E-state index < -0.39 is 5.41 Å². The largest absolute Gasteiger partial charge is 0.456 e. The van der Waals surface area contributed by atoms with E-state index in [0.717, 1.165) is 50.1 Å². The van der Waals surface area contributed by atoms with Crippen LogP contribution in [-0.4, -0.2) is 0 Å². The third-order valence-corrected chi connectivity index (χ3v) is 11.8. The molecule has 0 saturated carbocycles.